The largest absolute Gasteiger partial charge is 0.423 e. The van der Waals surface area contributed by atoms with Crippen LogP contribution < -0.4 is 10.2 Å². The van der Waals surface area contributed by atoms with Crippen LogP contribution in [0.5, 0.6) is 5.75 Å². The number of esters is 1. The maximum Gasteiger partial charge on any atom is 0.344 e. The summed E-state index contributed by atoms with van der Waals surface area (Å²) in [5, 5.41) is 15.5. The third kappa shape index (κ3) is 5.54. The normalized spacial score (nSPS) is 11.3. The SMILES string of the molecule is O=C(Oc1cccc(/C=N/NC(=O)C(O)(c2ccccc2)c2ccccc2)c1)c1ccccc1Br. The molecule has 0 saturated carbocycles. The fraction of sp³-hybridized carbons (Fsp3) is 0.0357. The molecule has 4 aromatic carbocycles. The van der Waals surface area contributed by atoms with Gasteiger partial charge in [0.05, 0.1) is 11.8 Å². The highest BCUT2D eigenvalue weighted by Gasteiger charge is 2.39. The first-order valence-electron chi connectivity index (χ1n) is 10.7. The number of amides is 1. The minimum Gasteiger partial charge on any atom is -0.423 e. The minimum absolute atomic E-state index is 0.325. The molecular weight excluding hydrogens is 508 g/mol. The number of nitrogens with zero attached hydrogens (tertiary/aromatic N) is 1. The van der Waals surface area contributed by atoms with Crippen molar-refractivity contribution in [2.45, 2.75) is 5.60 Å². The highest BCUT2D eigenvalue weighted by atomic mass is 79.9. The van der Waals surface area contributed by atoms with Crippen molar-refractivity contribution in [1.29, 1.82) is 0 Å². The van der Waals surface area contributed by atoms with Crippen molar-refractivity contribution >= 4 is 34.0 Å². The van der Waals surface area contributed by atoms with Crippen LogP contribution in [-0.2, 0) is 10.4 Å². The van der Waals surface area contributed by atoms with Crippen molar-refractivity contribution in [2.75, 3.05) is 0 Å². The highest BCUT2D eigenvalue weighted by Crippen LogP contribution is 2.30. The number of nitrogens with one attached hydrogen (secondary N) is 1. The molecule has 0 radical (unpaired) electrons. The van der Waals surface area contributed by atoms with Gasteiger partial charge in [0.1, 0.15) is 5.75 Å². The summed E-state index contributed by atoms with van der Waals surface area (Å²) in [4.78, 5) is 25.6. The Morgan fingerprint density at radius 2 is 1.43 bits per heavy atom. The minimum atomic E-state index is -1.93. The summed E-state index contributed by atoms with van der Waals surface area (Å²) in [6, 6.07) is 31.0. The zero-order valence-corrected chi connectivity index (χ0v) is 20.1. The van der Waals surface area contributed by atoms with Gasteiger partial charge in [-0.1, -0.05) is 84.9 Å². The number of hydrogen-bond donors (Lipinski definition) is 2. The van der Waals surface area contributed by atoms with Crippen LogP contribution in [0.4, 0.5) is 0 Å². The fourth-order valence-electron chi connectivity index (χ4n) is 3.48. The number of rotatable bonds is 7. The van der Waals surface area contributed by atoms with Gasteiger partial charge in [-0.3, -0.25) is 4.79 Å². The van der Waals surface area contributed by atoms with E-state index in [4.69, 9.17) is 4.74 Å². The third-order valence-corrected chi connectivity index (χ3v) is 5.95. The van der Waals surface area contributed by atoms with Crippen molar-refractivity contribution in [3.8, 4) is 5.75 Å². The van der Waals surface area contributed by atoms with E-state index < -0.39 is 17.5 Å². The third-order valence-electron chi connectivity index (χ3n) is 5.25. The summed E-state index contributed by atoms with van der Waals surface area (Å²) < 4.78 is 6.10. The van der Waals surface area contributed by atoms with Crippen molar-refractivity contribution in [1.82, 2.24) is 5.43 Å². The van der Waals surface area contributed by atoms with Gasteiger partial charge in [0.2, 0.25) is 0 Å². The second-order valence-corrected chi connectivity index (χ2v) is 8.44. The van der Waals surface area contributed by atoms with Gasteiger partial charge in [0.15, 0.2) is 5.60 Å². The molecule has 4 aromatic rings. The lowest BCUT2D eigenvalue weighted by Gasteiger charge is -2.27. The maximum absolute atomic E-state index is 13.1. The Kier molecular flexibility index (Phi) is 7.50. The number of benzene rings is 4. The Morgan fingerprint density at radius 1 is 0.829 bits per heavy atom. The van der Waals surface area contributed by atoms with Crippen LogP contribution >= 0.6 is 15.9 Å². The van der Waals surface area contributed by atoms with Crippen molar-refractivity contribution in [3.63, 3.8) is 0 Å². The second-order valence-electron chi connectivity index (χ2n) is 7.58. The van der Waals surface area contributed by atoms with E-state index in [0.717, 1.165) is 0 Å². The molecule has 1 amide bonds. The molecule has 4 rings (SSSR count). The standard InChI is InChI=1S/C28H21BrN2O4/c29-25-17-8-7-16-24(25)26(32)35-23-15-9-10-20(18-23)19-30-31-27(33)28(34,21-11-3-1-4-12-21)22-13-5-2-6-14-22/h1-19,34H,(H,31,33)/b30-19+. The number of carbonyl (C=O) groups is 2. The van der Waals surface area contributed by atoms with E-state index in [0.29, 0.717) is 32.5 Å². The summed E-state index contributed by atoms with van der Waals surface area (Å²) in [5.41, 5.74) is 2.32. The molecule has 2 N–H and O–H groups in total. The molecule has 0 aliphatic heterocycles. The summed E-state index contributed by atoms with van der Waals surface area (Å²) in [7, 11) is 0. The molecule has 0 heterocycles. The average Bonchev–Trinajstić information content (AvgIpc) is 2.89. The Balaban J connectivity index is 1.50. The molecule has 0 aliphatic carbocycles. The van der Waals surface area contributed by atoms with E-state index in [1.165, 1.54) is 6.21 Å². The van der Waals surface area contributed by atoms with Gasteiger partial charge >= 0.3 is 5.97 Å². The van der Waals surface area contributed by atoms with Crippen LogP contribution in [0.15, 0.2) is 119 Å². The average molecular weight is 529 g/mol. The Hall–Kier alpha value is -4.07. The second kappa shape index (κ2) is 10.9. The van der Waals surface area contributed by atoms with Gasteiger partial charge in [-0.25, -0.2) is 10.2 Å². The summed E-state index contributed by atoms with van der Waals surface area (Å²) in [6.07, 6.45) is 1.41. The quantitative estimate of drug-likeness (QED) is 0.152. The molecule has 7 heteroatoms. The Bertz CT molecular complexity index is 1320. The number of ether oxygens (including phenoxy) is 1. The van der Waals surface area contributed by atoms with Crippen LogP contribution in [0.2, 0.25) is 0 Å². The van der Waals surface area contributed by atoms with Crippen LogP contribution in [0, 0.1) is 0 Å². The number of carbonyl (C=O) groups excluding carboxylic acids is 2. The number of aliphatic hydroxyl groups is 1. The van der Waals surface area contributed by atoms with Gasteiger partial charge in [0.25, 0.3) is 5.91 Å². The molecule has 0 saturated heterocycles. The first kappa shape index (κ1) is 24.1. The van der Waals surface area contributed by atoms with Crippen LogP contribution in [0.3, 0.4) is 0 Å². The number of hydrogen-bond acceptors (Lipinski definition) is 5. The van der Waals surface area contributed by atoms with Gasteiger partial charge < -0.3 is 9.84 Å². The predicted octanol–water partition coefficient (Wildman–Crippen LogP) is 5.05. The smallest absolute Gasteiger partial charge is 0.344 e. The van der Waals surface area contributed by atoms with Crippen LogP contribution in [0.1, 0.15) is 27.0 Å². The molecule has 174 valence electrons. The molecule has 0 fully saturated rings. The molecule has 0 aromatic heterocycles. The van der Waals surface area contributed by atoms with Gasteiger partial charge in [-0.2, -0.15) is 5.10 Å². The molecule has 0 spiro atoms. The molecular formula is C28H21BrN2O4. The predicted molar refractivity (Wildman–Crippen MR) is 137 cm³/mol. The fourth-order valence-corrected chi connectivity index (χ4v) is 3.93. The maximum atomic E-state index is 13.1. The van der Waals surface area contributed by atoms with E-state index in [-0.39, 0.29) is 0 Å². The lowest BCUT2D eigenvalue weighted by atomic mass is 9.85. The van der Waals surface area contributed by atoms with E-state index in [2.05, 4.69) is 26.5 Å². The lowest BCUT2D eigenvalue weighted by molar-refractivity contribution is -0.136. The van der Waals surface area contributed by atoms with Crippen LogP contribution in [0.25, 0.3) is 0 Å². The van der Waals surface area contributed by atoms with Gasteiger partial charge in [-0.15, -0.1) is 0 Å². The highest BCUT2D eigenvalue weighted by molar-refractivity contribution is 9.10. The molecule has 35 heavy (non-hydrogen) atoms. The zero-order chi connectivity index (χ0) is 24.7. The molecule has 0 bridgehead atoms. The Morgan fingerprint density at radius 3 is 2.06 bits per heavy atom. The molecule has 6 nitrogen and oxygen atoms in total. The molecule has 0 atom stereocenters. The van der Waals surface area contributed by atoms with Crippen molar-refractivity contribution < 1.29 is 19.4 Å². The first-order chi connectivity index (χ1) is 17.0. The molecule has 0 unspecified atom stereocenters. The van der Waals surface area contributed by atoms with E-state index >= 15 is 0 Å². The number of hydrazone groups is 1. The zero-order valence-electron chi connectivity index (χ0n) is 18.5. The Labute approximate surface area is 211 Å². The van der Waals surface area contributed by atoms with E-state index in [1.807, 2.05) is 6.07 Å². The number of halogens is 1. The monoisotopic (exact) mass is 528 g/mol. The van der Waals surface area contributed by atoms with E-state index in [1.54, 1.807) is 103 Å². The van der Waals surface area contributed by atoms with Gasteiger partial charge in [0, 0.05) is 4.47 Å². The summed E-state index contributed by atoms with van der Waals surface area (Å²) in [6.45, 7) is 0. The summed E-state index contributed by atoms with van der Waals surface area (Å²) >= 11 is 3.34. The molecule has 0 aliphatic rings. The summed E-state index contributed by atoms with van der Waals surface area (Å²) in [5.74, 6) is -0.885. The lowest BCUT2D eigenvalue weighted by Crippen LogP contribution is -2.43. The van der Waals surface area contributed by atoms with E-state index in [9.17, 15) is 14.7 Å². The first-order valence-corrected chi connectivity index (χ1v) is 11.5. The van der Waals surface area contributed by atoms with Gasteiger partial charge in [-0.05, 0) is 56.9 Å². The van der Waals surface area contributed by atoms with Crippen molar-refractivity contribution in [2.24, 2.45) is 5.10 Å². The topological polar surface area (TPSA) is 88.0 Å². The van der Waals surface area contributed by atoms with Crippen molar-refractivity contribution in [3.05, 3.63) is 136 Å². The van der Waals surface area contributed by atoms with Crippen LogP contribution in [-0.4, -0.2) is 23.2 Å².